The zero-order valence-corrected chi connectivity index (χ0v) is 13.6. The van der Waals surface area contributed by atoms with Crippen molar-refractivity contribution in [3.63, 3.8) is 0 Å². The number of ether oxygens (including phenoxy) is 1. The molecule has 0 unspecified atom stereocenters. The van der Waals surface area contributed by atoms with Gasteiger partial charge in [-0.2, -0.15) is 0 Å². The molecular formula is C17H22N2OS. The Morgan fingerprint density at radius 2 is 2.05 bits per heavy atom. The highest BCUT2D eigenvalue weighted by Gasteiger charge is 2.04. The fraction of sp³-hybridized carbons (Fsp3) is 0.353. The maximum atomic E-state index is 5.98. The van der Waals surface area contributed by atoms with Gasteiger partial charge in [0.05, 0.1) is 5.69 Å². The van der Waals surface area contributed by atoms with Crippen LogP contribution >= 0.6 is 11.8 Å². The van der Waals surface area contributed by atoms with E-state index in [2.05, 4.69) is 36.5 Å². The van der Waals surface area contributed by atoms with Gasteiger partial charge in [-0.15, -0.1) is 11.8 Å². The number of rotatable bonds is 7. The van der Waals surface area contributed by atoms with Crippen molar-refractivity contribution in [1.82, 2.24) is 10.3 Å². The van der Waals surface area contributed by atoms with Crippen molar-refractivity contribution < 1.29 is 4.74 Å². The highest BCUT2D eigenvalue weighted by Crippen LogP contribution is 2.31. The summed E-state index contributed by atoms with van der Waals surface area (Å²) in [5.41, 5.74) is 0.995. The molecule has 2 rings (SSSR count). The predicted molar refractivity (Wildman–Crippen MR) is 89.1 cm³/mol. The average molecular weight is 302 g/mol. The molecule has 112 valence electrons. The molecule has 0 amide bonds. The molecule has 1 aromatic carbocycles. The molecule has 0 spiro atoms. The monoisotopic (exact) mass is 302 g/mol. The zero-order chi connectivity index (χ0) is 15.1. The number of hydrogen-bond acceptors (Lipinski definition) is 4. The van der Waals surface area contributed by atoms with E-state index in [9.17, 15) is 0 Å². The summed E-state index contributed by atoms with van der Waals surface area (Å²) >= 11 is 1.68. The topological polar surface area (TPSA) is 34.1 Å². The second-order valence-electron chi connectivity index (χ2n) is 5.26. The Kier molecular flexibility index (Phi) is 6.08. The minimum absolute atomic E-state index is 0.637. The van der Waals surface area contributed by atoms with Crippen LogP contribution in [-0.2, 0) is 6.54 Å². The normalized spacial score (nSPS) is 10.9. The van der Waals surface area contributed by atoms with E-state index in [0.717, 1.165) is 35.2 Å². The molecule has 0 radical (unpaired) electrons. The lowest BCUT2D eigenvalue weighted by atomic mass is 10.2. The maximum Gasteiger partial charge on any atom is 0.140 e. The van der Waals surface area contributed by atoms with Crippen LogP contribution < -0.4 is 10.1 Å². The molecule has 0 aliphatic rings. The van der Waals surface area contributed by atoms with Crippen molar-refractivity contribution in [3.05, 3.63) is 48.3 Å². The van der Waals surface area contributed by atoms with Crippen LogP contribution in [0.5, 0.6) is 11.5 Å². The first kappa shape index (κ1) is 15.9. The number of benzene rings is 1. The number of para-hydroxylation sites is 1. The Labute approximate surface area is 131 Å². The summed E-state index contributed by atoms with van der Waals surface area (Å²) in [6, 6.07) is 11.9. The summed E-state index contributed by atoms with van der Waals surface area (Å²) in [7, 11) is 0. The molecule has 0 bridgehead atoms. The third kappa shape index (κ3) is 5.06. The number of nitrogens with zero attached hydrogens (tertiary/aromatic N) is 1. The van der Waals surface area contributed by atoms with Gasteiger partial charge in [0.1, 0.15) is 11.5 Å². The van der Waals surface area contributed by atoms with Gasteiger partial charge in [0.15, 0.2) is 0 Å². The lowest BCUT2D eigenvalue weighted by molar-refractivity contribution is 0.468. The highest BCUT2D eigenvalue weighted by molar-refractivity contribution is 7.98. The largest absolute Gasteiger partial charge is 0.456 e. The fourth-order valence-corrected chi connectivity index (χ4v) is 2.46. The summed E-state index contributed by atoms with van der Waals surface area (Å²) < 4.78 is 5.98. The summed E-state index contributed by atoms with van der Waals surface area (Å²) in [5.74, 6) is 2.35. The Morgan fingerprint density at radius 3 is 2.81 bits per heavy atom. The van der Waals surface area contributed by atoms with Gasteiger partial charge in [-0.3, -0.25) is 4.98 Å². The first-order chi connectivity index (χ1) is 10.2. The Balaban J connectivity index is 2.03. The minimum Gasteiger partial charge on any atom is -0.456 e. The van der Waals surface area contributed by atoms with Gasteiger partial charge in [-0.1, -0.05) is 26.0 Å². The van der Waals surface area contributed by atoms with E-state index in [4.69, 9.17) is 4.74 Å². The smallest absolute Gasteiger partial charge is 0.140 e. The second-order valence-corrected chi connectivity index (χ2v) is 6.11. The van der Waals surface area contributed by atoms with E-state index < -0.39 is 0 Å². The SMILES string of the molecule is CSc1ccccc1Oc1ccnc(CNCC(C)C)c1. The van der Waals surface area contributed by atoms with Gasteiger partial charge in [0.25, 0.3) is 0 Å². The van der Waals surface area contributed by atoms with Crippen LogP contribution in [0.2, 0.25) is 0 Å². The van der Waals surface area contributed by atoms with Crippen LogP contribution in [0.25, 0.3) is 0 Å². The van der Waals surface area contributed by atoms with Crippen molar-refractivity contribution in [2.24, 2.45) is 5.92 Å². The quantitative estimate of drug-likeness (QED) is 0.771. The number of hydrogen-bond donors (Lipinski definition) is 1. The van der Waals surface area contributed by atoms with E-state index in [-0.39, 0.29) is 0 Å². The third-order valence-electron chi connectivity index (χ3n) is 2.94. The molecule has 1 heterocycles. The molecular weight excluding hydrogens is 280 g/mol. The van der Waals surface area contributed by atoms with Crippen LogP contribution in [0.1, 0.15) is 19.5 Å². The summed E-state index contributed by atoms with van der Waals surface area (Å²) in [6.45, 7) is 6.14. The molecule has 1 aromatic heterocycles. The molecule has 0 aliphatic heterocycles. The third-order valence-corrected chi connectivity index (χ3v) is 3.72. The molecule has 0 atom stereocenters. The van der Waals surface area contributed by atoms with Crippen LogP contribution in [0.15, 0.2) is 47.5 Å². The van der Waals surface area contributed by atoms with Crippen molar-refractivity contribution in [1.29, 1.82) is 0 Å². The first-order valence-corrected chi connectivity index (χ1v) is 8.38. The first-order valence-electron chi connectivity index (χ1n) is 7.15. The van der Waals surface area contributed by atoms with Gasteiger partial charge in [0, 0.05) is 23.7 Å². The second kappa shape index (κ2) is 8.05. The lowest BCUT2D eigenvalue weighted by Crippen LogP contribution is -2.19. The Hall–Kier alpha value is -1.52. The number of nitrogens with one attached hydrogen (secondary N) is 1. The van der Waals surface area contributed by atoms with Gasteiger partial charge >= 0.3 is 0 Å². The Morgan fingerprint density at radius 1 is 1.24 bits per heavy atom. The molecule has 1 N–H and O–H groups in total. The van der Waals surface area contributed by atoms with Gasteiger partial charge < -0.3 is 10.1 Å². The van der Waals surface area contributed by atoms with E-state index >= 15 is 0 Å². The van der Waals surface area contributed by atoms with E-state index in [1.807, 2.05) is 30.3 Å². The van der Waals surface area contributed by atoms with Gasteiger partial charge in [0.2, 0.25) is 0 Å². The highest BCUT2D eigenvalue weighted by atomic mass is 32.2. The zero-order valence-electron chi connectivity index (χ0n) is 12.8. The molecule has 0 aliphatic carbocycles. The Bertz CT molecular complexity index is 572. The van der Waals surface area contributed by atoms with Crippen molar-refractivity contribution in [3.8, 4) is 11.5 Å². The van der Waals surface area contributed by atoms with E-state index in [1.165, 1.54) is 0 Å². The lowest BCUT2D eigenvalue weighted by Gasteiger charge is -2.11. The van der Waals surface area contributed by atoms with Crippen LogP contribution in [0, 0.1) is 5.92 Å². The molecule has 4 heteroatoms. The number of pyridine rings is 1. The van der Waals surface area contributed by atoms with Crippen LogP contribution in [0.3, 0.4) is 0 Å². The van der Waals surface area contributed by atoms with E-state index in [1.54, 1.807) is 18.0 Å². The van der Waals surface area contributed by atoms with Gasteiger partial charge in [-0.05, 0) is 36.9 Å². The molecule has 21 heavy (non-hydrogen) atoms. The molecule has 0 saturated carbocycles. The standard InChI is InChI=1S/C17H22N2OS/c1-13(2)11-18-12-14-10-15(8-9-19-14)20-16-6-4-5-7-17(16)21-3/h4-10,13,18H,11-12H2,1-3H3. The number of thioether (sulfide) groups is 1. The molecule has 2 aromatic rings. The van der Waals surface area contributed by atoms with Crippen LogP contribution in [0.4, 0.5) is 0 Å². The van der Waals surface area contributed by atoms with Crippen molar-refractivity contribution >= 4 is 11.8 Å². The van der Waals surface area contributed by atoms with Gasteiger partial charge in [-0.25, -0.2) is 0 Å². The number of aromatic nitrogens is 1. The molecule has 3 nitrogen and oxygen atoms in total. The summed E-state index contributed by atoms with van der Waals surface area (Å²) in [4.78, 5) is 5.51. The molecule has 0 fully saturated rings. The summed E-state index contributed by atoms with van der Waals surface area (Å²) in [5, 5.41) is 3.39. The van der Waals surface area contributed by atoms with E-state index in [0.29, 0.717) is 5.92 Å². The predicted octanol–water partition coefficient (Wildman–Crippen LogP) is 4.34. The average Bonchev–Trinajstić information content (AvgIpc) is 2.48. The van der Waals surface area contributed by atoms with Crippen LogP contribution in [-0.4, -0.2) is 17.8 Å². The maximum absolute atomic E-state index is 5.98. The molecule has 0 saturated heterocycles. The fourth-order valence-electron chi connectivity index (χ4n) is 1.94. The van der Waals surface area contributed by atoms with Crippen molar-refractivity contribution in [2.45, 2.75) is 25.3 Å². The minimum atomic E-state index is 0.637. The van der Waals surface area contributed by atoms with Crippen molar-refractivity contribution in [2.75, 3.05) is 12.8 Å². The summed E-state index contributed by atoms with van der Waals surface area (Å²) in [6.07, 6.45) is 3.85.